The lowest BCUT2D eigenvalue weighted by Gasteiger charge is -2.17. The Morgan fingerprint density at radius 1 is 1.39 bits per heavy atom. The van der Waals surface area contributed by atoms with Gasteiger partial charge in [0.25, 0.3) is 5.56 Å². The molecule has 1 aromatic rings. The van der Waals surface area contributed by atoms with Gasteiger partial charge in [0.15, 0.2) is 0 Å². The number of rotatable bonds is 3. The van der Waals surface area contributed by atoms with E-state index in [2.05, 4.69) is 11.1 Å². The van der Waals surface area contributed by atoms with E-state index in [0.717, 1.165) is 48.6 Å². The summed E-state index contributed by atoms with van der Waals surface area (Å²) in [6.45, 7) is 0. The van der Waals surface area contributed by atoms with Crippen molar-refractivity contribution in [1.29, 1.82) is 5.26 Å². The van der Waals surface area contributed by atoms with Gasteiger partial charge in [0.2, 0.25) is 5.91 Å². The molecule has 0 aromatic carbocycles. The van der Waals surface area contributed by atoms with Gasteiger partial charge < -0.3 is 10.7 Å². The Hall–Kier alpha value is -1.74. The van der Waals surface area contributed by atoms with E-state index in [0.29, 0.717) is 10.6 Å². The van der Waals surface area contributed by atoms with Gasteiger partial charge in [0, 0.05) is 5.56 Å². The fraction of sp³-hybridized carbons (Fsp3) is 0.417. The summed E-state index contributed by atoms with van der Waals surface area (Å²) in [5.41, 5.74) is 7.00. The number of hydrogen-bond donors (Lipinski definition) is 2. The van der Waals surface area contributed by atoms with Crippen LogP contribution in [0.2, 0.25) is 0 Å². The lowest BCUT2D eigenvalue weighted by atomic mass is 9.90. The predicted molar refractivity (Wildman–Crippen MR) is 68.3 cm³/mol. The van der Waals surface area contributed by atoms with Crippen LogP contribution in [0.25, 0.3) is 0 Å². The Labute approximate surface area is 108 Å². The van der Waals surface area contributed by atoms with E-state index in [4.69, 9.17) is 5.73 Å². The first-order chi connectivity index (χ1) is 8.63. The molecule has 0 bridgehead atoms. The molecule has 0 spiro atoms. The number of H-pyrrole nitrogens is 1. The number of pyridine rings is 1. The van der Waals surface area contributed by atoms with Crippen molar-refractivity contribution in [3.05, 3.63) is 27.0 Å². The molecule has 3 N–H and O–H groups in total. The van der Waals surface area contributed by atoms with Gasteiger partial charge in [-0.3, -0.25) is 9.59 Å². The van der Waals surface area contributed by atoms with Crippen LogP contribution >= 0.6 is 11.8 Å². The first-order valence-electron chi connectivity index (χ1n) is 5.72. The Bertz CT molecular complexity index is 586. The van der Waals surface area contributed by atoms with E-state index in [9.17, 15) is 14.9 Å². The summed E-state index contributed by atoms with van der Waals surface area (Å²) in [4.78, 5) is 25.4. The molecule has 1 heterocycles. The smallest absolute Gasteiger partial charge is 0.252 e. The molecule has 18 heavy (non-hydrogen) atoms. The molecule has 0 unspecified atom stereocenters. The SMILES string of the molecule is N#Cc1c(SCC(N)=O)[nH]c(=O)c2c1CCCC2. The van der Waals surface area contributed by atoms with Crippen LogP contribution in [0.4, 0.5) is 0 Å². The number of fused-ring (bicyclic) bond motifs is 1. The number of nitrogens with zero attached hydrogens (tertiary/aromatic N) is 1. The number of aromatic amines is 1. The van der Waals surface area contributed by atoms with Gasteiger partial charge in [-0.2, -0.15) is 5.26 Å². The van der Waals surface area contributed by atoms with Crippen molar-refractivity contribution in [2.75, 3.05) is 5.75 Å². The standard InChI is InChI=1S/C12H13N3O2S/c13-5-9-7-3-1-2-4-8(7)11(17)15-12(9)18-6-10(14)16/h1-4,6H2,(H2,14,16)(H,15,17). The maximum absolute atomic E-state index is 11.9. The van der Waals surface area contributed by atoms with Crippen LogP contribution in [-0.2, 0) is 17.6 Å². The van der Waals surface area contributed by atoms with Crippen molar-refractivity contribution in [2.45, 2.75) is 30.7 Å². The zero-order valence-electron chi connectivity index (χ0n) is 9.78. The minimum absolute atomic E-state index is 0.0589. The molecule has 1 aromatic heterocycles. The maximum atomic E-state index is 11.9. The summed E-state index contributed by atoms with van der Waals surface area (Å²) >= 11 is 1.11. The van der Waals surface area contributed by atoms with Gasteiger partial charge in [0.05, 0.1) is 16.3 Å². The van der Waals surface area contributed by atoms with Crippen molar-refractivity contribution >= 4 is 17.7 Å². The van der Waals surface area contributed by atoms with Gasteiger partial charge in [0.1, 0.15) is 6.07 Å². The molecule has 1 aliphatic rings. The van der Waals surface area contributed by atoms with Crippen LogP contribution in [0.5, 0.6) is 0 Å². The zero-order valence-corrected chi connectivity index (χ0v) is 10.6. The van der Waals surface area contributed by atoms with Crippen molar-refractivity contribution < 1.29 is 4.79 Å². The Morgan fingerprint density at radius 2 is 2.06 bits per heavy atom. The van der Waals surface area contributed by atoms with Crippen molar-refractivity contribution in [1.82, 2.24) is 4.98 Å². The predicted octanol–water partition coefficient (Wildman–Crippen LogP) is 0.703. The normalized spacial score (nSPS) is 13.7. The summed E-state index contributed by atoms with van der Waals surface area (Å²) < 4.78 is 0. The third-order valence-electron chi connectivity index (χ3n) is 2.97. The van der Waals surface area contributed by atoms with Gasteiger partial charge in [-0.25, -0.2) is 0 Å². The number of amides is 1. The van der Waals surface area contributed by atoms with Gasteiger partial charge in [-0.1, -0.05) is 11.8 Å². The molecular weight excluding hydrogens is 250 g/mol. The fourth-order valence-corrected chi connectivity index (χ4v) is 2.94. The molecule has 2 rings (SSSR count). The molecule has 0 radical (unpaired) electrons. The lowest BCUT2D eigenvalue weighted by Crippen LogP contribution is -2.22. The molecule has 5 nitrogen and oxygen atoms in total. The Morgan fingerprint density at radius 3 is 2.67 bits per heavy atom. The molecule has 0 saturated carbocycles. The largest absolute Gasteiger partial charge is 0.369 e. The third-order valence-corrected chi connectivity index (χ3v) is 3.99. The molecule has 1 aliphatic carbocycles. The van der Waals surface area contributed by atoms with Gasteiger partial charge in [-0.05, 0) is 31.2 Å². The third kappa shape index (κ3) is 2.41. The van der Waals surface area contributed by atoms with Crippen molar-refractivity contribution in [3.63, 3.8) is 0 Å². The van der Waals surface area contributed by atoms with Crippen LogP contribution in [-0.4, -0.2) is 16.6 Å². The average Bonchev–Trinajstić information content (AvgIpc) is 2.36. The number of primary amides is 1. The summed E-state index contributed by atoms with van der Waals surface area (Å²) in [6, 6.07) is 2.13. The van der Waals surface area contributed by atoms with Crippen LogP contribution in [0.15, 0.2) is 9.82 Å². The minimum Gasteiger partial charge on any atom is -0.369 e. The Kier molecular flexibility index (Phi) is 3.72. The van der Waals surface area contributed by atoms with Crippen LogP contribution in [0.1, 0.15) is 29.5 Å². The molecule has 94 valence electrons. The van der Waals surface area contributed by atoms with Crippen LogP contribution in [0.3, 0.4) is 0 Å². The highest BCUT2D eigenvalue weighted by molar-refractivity contribution is 7.99. The highest BCUT2D eigenvalue weighted by Crippen LogP contribution is 2.27. The number of carbonyl (C=O) groups is 1. The van der Waals surface area contributed by atoms with E-state index in [1.54, 1.807) is 0 Å². The number of nitrogens with two attached hydrogens (primary N) is 1. The van der Waals surface area contributed by atoms with Crippen molar-refractivity contribution in [2.24, 2.45) is 5.73 Å². The molecule has 1 amide bonds. The lowest BCUT2D eigenvalue weighted by molar-refractivity contribution is -0.115. The first-order valence-corrected chi connectivity index (χ1v) is 6.71. The summed E-state index contributed by atoms with van der Waals surface area (Å²) in [5, 5.41) is 9.69. The highest BCUT2D eigenvalue weighted by Gasteiger charge is 2.20. The quantitative estimate of drug-likeness (QED) is 0.784. The number of nitrogens with one attached hydrogen (secondary N) is 1. The second-order valence-corrected chi connectivity index (χ2v) is 5.17. The number of carbonyl (C=O) groups excluding carboxylic acids is 1. The fourth-order valence-electron chi connectivity index (χ4n) is 2.18. The number of thioether (sulfide) groups is 1. The van der Waals surface area contributed by atoms with Gasteiger partial charge in [-0.15, -0.1) is 0 Å². The van der Waals surface area contributed by atoms with E-state index in [-0.39, 0.29) is 11.3 Å². The summed E-state index contributed by atoms with van der Waals surface area (Å²) in [6.07, 6.45) is 3.45. The van der Waals surface area contributed by atoms with E-state index < -0.39 is 5.91 Å². The second kappa shape index (κ2) is 5.27. The van der Waals surface area contributed by atoms with Gasteiger partial charge >= 0.3 is 0 Å². The average molecular weight is 263 g/mol. The van der Waals surface area contributed by atoms with E-state index in [1.165, 1.54) is 0 Å². The maximum Gasteiger partial charge on any atom is 0.252 e. The number of hydrogen-bond acceptors (Lipinski definition) is 4. The zero-order chi connectivity index (χ0) is 13.1. The molecule has 6 heteroatoms. The van der Waals surface area contributed by atoms with E-state index >= 15 is 0 Å². The molecule has 0 aliphatic heterocycles. The molecule has 0 saturated heterocycles. The summed E-state index contributed by atoms with van der Waals surface area (Å²) in [7, 11) is 0. The highest BCUT2D eigenvalue weighted by atomic mass is 32.2. The molecular formula is C12H13N3O2S. The monoisotopic (exact) mass is 263 g/mol. The van der Waals surface area contributed by atoms with Crippen molar-refractivity contribution in [3.8, 4) is 6.07 Å². The van der Waals surface area contributed by atoms with E-state index in [1.807, 2.05) is 0 Å². The summed E-state index contributed by atoms with van der Waals surface area (Å²) in [5.74, 6) is -0.411. The number of nitriles is 1. The Balaban J connectivity index is 2.48. The second-order valence-electron chi connectivity index (χ2n) is 4.19. The molecule has 0 fully saturated rings. The minimum atomic E-state index is -0.470. The van der Waals surface area contributed by atoms with Crippen LogP contribution in [0, 0.1) is 11.3 Å². The molecule has 0 atom stereocenters. The number of aromatic nitrogens is 1. The van der Waals surface area contributed by atoms with Crippen LogP contribution < -0.4 is 11.3 Å². The first kappa shape index (κ1) is 12.7. The topological polar surface area (TPSA) is 99.7 Å².